The molecule has 0 aliphatic rings. The lowest BCUT2D eigenvalue weighted by molar-refractivity contribution is 0.559. The van der Waals surface area contributed by atoms with Crippen molar-refractivity contribution in [2.24, 2.45) is 0 Å². The van der Waals surface area contributed by atoms with Crippen LogP contribution in [0.3, 0.4) is 0 Å². The molecule has 0 aliphatic heterocycles. The molecule has 3 heterocycles. The zero-order chi connectivity index (χ0) is 20.5. The molecule has 0 bridgehead atoms. The Balaban J connectivity index is 2.09. The second kappa shape index (κ2) is 7.09. The maximum Gasteiger partial charge on any atom is 0.337 e. The summed E-state index contributed by atoms with van der Waals surface area (Å²) in [4.78, 5) is 33.9. The van der Waals surface area contributed by atoms with Crippen LogP contribution in [-0.4, -0.2) is 19.1 Å². The Bertz CT molecular complexity index is 1380. The van der Waals surface area contributed by atoms with Gasteiger partial charge in [-0.15, -0.1) is 0 Å². The van der Waals surface area contributed by atoms with Crippen LogP contribution in [0.15, 0.2) is 64.6 Å². The number of halogens is 2. The molecule has 0 atom stereocenters. The van der Waals surface area contributed by atoms with Gasteiger partial charge in [-0.25, -0.2) is 23.1 Å². The van der Waals surface area contributed by atoms with Crippen molar-refractivity contribution in [3.05, 3.63) is 98.6 Å². The van der Waals surface area contributed by atoms with E-state index in [2.05, 4.69) is 9.97 Å². The molecule has 0 saturated heterocycles. The number of nitrogens with zero attached hydrogens (tertiary/aromatic N) is 5. The van der Waals surface area contributed by atoms with Gasteiger partial charge >= 0.3 is 5.69 Å². The molecule has 29 heavy (non-hydrogen) atoms. The van der Waals surface area contributed by atoms with E-state index in [0.717, 1.165) is 16.7 Å². The molecule has 0 aliphatic carbocycles. The van der Waals surface area contributed by atoms with Crippen molar-refractivity contribution < 1.29 is 8.78 Å². The minimum Gasteiger partial charge on any atom is -0.268 e. The minimum atomic E-state index is -1.12. The number of rotatable bonds is 3. The Morgan fingerprint density at radius 1 is 1.03 bits per heavy atom. The molecule has 9 heteroatoms. The monoisotopic (exact) mass is 391 g/mol. The van der Waals surface area contributed by atoms with Gasteiger partial charge in [-0.2, -0.15) is 5.26 Å². The minimum absolute atomic E-state index is 0.0179. The van der Waals surface area contributed by atoms with Crippen molar-refractivity contribution >= 4 is 11.0 Å². The molecule has 4 aromatic rings. The highest BCUT2D eigenvalue weighted by atomic mass is 19.1. The third-order valence-electron chi connectivity index (χ3n) is 4.36. The standard InChI is InChI=1S/C20H11F2N5O2/c21-15-8-13(10-23)9-16(22)17(15)27-18-14(2-1-5-25-18)19(28)26(20(27)29)11-12-3-6-24-7-4-12/h1-9H,11H2. The second-order valence-electron chi connectivity index (χ2n) is 6.14. The predicted molar refractivity (Wildman–Crippen MR) is 99.6 cm³/mol. The average Bonchev–Trinajstić information content (AvgIpc) is 2.73. The van der Waals surface area contributed by atoms with Crippen LogP contribution in [0.1, 0.15) is 11.1 Å². The van der Waals surface area contributed by atoms with Gasteiger partial charge < -0.3 is 0 Å². The topological polar surface area (TPSA) is 93.6 Å². The molecule has 7 nitrogen and oxygen atoms in total. The molecule has 3 aromatic heterocycles. The van der Waals surface area contributed by atoms with Crippen LogP contribution in [0.2, 0.25) is 0 Å². The number of benzene rings is 1. The highest BCUT2D eigenvalue weighted by Gasteiger charge is 2.21. The van der Waals surface area contributed by atoms with Gasteiger partial charge in [0.15, 0.2) is 17.3 Å². The van der Waals surface area contributed by atoms with E-state index in [4.69, 9.17) is 5.26 Å². The van der Waals surface area contributed by atoms with Crippen LogP contribution in [0, 0.1) is 23.0 Å². The first-order chi connectivity index (χ1) is 14.0. The lowest BCUT2D eigenvalue weighted by Crippen LogP contribution is -2.40. The first-order valence-corrected chi connectivity index (χ1v) is 8.40. The average molecular weight is 391 g/mol. The predicted octanol–water partition coefficient (Wildman–Crippen LogP) is 2.14. The highest BCUT2D eigenvalue weighted by molar-refractivity contribution is 5.75. The third-order valence-corrected chi connectivity index (χ3v) is 4.36. The number of fused-ring (bicyclic) bond motifs is 1. The van der Waals surface area contributed by atoms with Crippen molar-refractivity contribution in [1.29, 1.82) is 5.26 Å². The van der Waals surface area contributed by atoms with E-state index < -0.39 is 28.6 Å². The molecule has 0 saturated carbocycles. The van der Waals surface area contributed by atoms with Gasteiger partial charge in [-0.1, -0.05) is 0 Å². The largest absolute Gasteiger partial charge is 0.337 e. The van der Waals surface area contributed by atoms with Crippen molar-refractivity contribution in [3.63, 3.8) is 0 Å². The fourth-order valence-corrected chi connectivity index (χ4v) is 3.04. The van der Waals surface area contributed by atoms with Gasteiger partial charge in [-0.3, -0.25) is 14.3 Å². The number of nitriles is 1. The Labute approximate surface area is 161 Å². The summed E-state index contributed by atoms with van der Waals surface area (Å²) in [5.74, 6) is -2.24. The van der Waals surface area contributed by atoms with Gasteiger partial charge in [0, 0.05) is 18.6 Å². The highest BCUT2D eigenvalue weighted by Crippen LogP contribution is 2.21. The number of hydrogen-bond acceptors (Lipinski definition) is 5. The summed E-state index contributed by atoms with van der Waals surface area (Å²) in [6, 6.07) is 9.42. The van der Waals surface area contributed by atoms with Crippen LogP contribution in [0.5, 0.6) is 0 Å². The summed E-state index contributed by atoms with van der Waals surface area (Å²) in [6.07, 6.45) is 4.31. The molecule has 142 valence electrons. The Morgan fingerprint density at radius 2 is 1.72 bits per heavy atom. The quantitative estimate of drug-likeness (QED) is 0.533. The van der Waals surface area contributed by atoms with Gasteiger partial charge in [0.05, 0.1) is 23.6 Å². The summed E-state index contributed by atoms with van der Waals surface area (Å²) >= 11 is 0. The van der Waals surface area contributed by atoms with Crippen LogP contribution >= 0.6 is 0 Å². The molecule has 0 N–H and O–H groups in total. The van der Waals surface area contributed by atoms with Crippen LogP contribution in [-0.2, 0) is 6.54 Å². The summed E-state index contributed by atoms with van der Waals surface area (Å²) in [6.45, 7) is -0.120. The van der Waals surface area contributed by atoms with E-state index in [-0.39, 0.29) is 23.1 Å². The van der Waals surface area contributed by atoms with Crippen molar-refractivity contribution in [2.45, 2.75) is 6.54 Å². The maximum atomic E-state index is 14.7. The summed E-state index contributed by atoms with van der Waals surface area (Å²) in [5.41, 5.74) is -2.12. The van der Waals surface area contributed by atoms with Crippen molar-refractivity contribution in [1.82, 2.24) is 19.1 Å². The Morgan fingerprint density at radius 3 is 2.38 bits per heavy atom. The van der Waals surface area contributed by atoms with E-state index in [1.165, 1.54) is 30.7 Å². The van der Waals surface area contributed by atoms with Gasteiger partial charge in [0.25, 0.3) is 5.56 Å². The number of aromatic nitrogens is 4. The van der Waals surface area contributed by atoms with Crippen LogP contribution in [0.4, 0.5) is 8.78 Å². The van der Waals surface area contributed by atoms with E-state index >= 15 is 0 Å². The van der Waals surface area contributed by atoms with Crippen LogP contribution in [0.25, 0.3) is 16.7 Å². The smallest absolute Gasteiger partial charge is 0.268 e. The maximum absolute atomic E-state index is 14.7. The zero-order valence-electron chi connectivity index (χ0n) is 14.7. The van der Waals surface area contributed by atoms with Crippen LogP contribution < -0.4 is 11.2 Å². The number of pyridine rings is 2. The fraction of sp³-hybridized carbons (Fsp3) is 0.0500. The van der Waals surface area contributed by atoms with E-state index in [9.17, 15) is 18.4 Å². The zero-order valence-corrected chi connectivity index (χ0v) is 14.7. The molecule has 0 radical (unpaired) electrons. The summed E-state index contributed by atoms with van der Waals surface area (Å²) < 4.78 is 30.9. The molecular weight excluding hydrogens is 380 g/mol. The molecule has 4 rings (SSSR count). The van der Waals surface area contributed by atoms with Gasteiger partial charge in [0.1, 0.15) is 5.69 Å². The molecule has 0 amide bonds. The van der Waals surface area contributed by atoms with Crippen molar-refractivity contribution in [3.8, 4) is 11.8 Å². The fourth-order valence-electron chi connectivity index (χ4n) is 3.04. The summed E-state index contributed by atoms with van der Waals surface area (Å²) in [5, 5.41) is 8.92. The Kier molecular flexibility index (Phi) is 4.44. The normalized spacial score (nSPS) is 10.8. The van der Waals surface area contributed by atoms with E-state index in [1.54, 1.807) is 18.2 Å². The first-order valence-electron chi connectivity index (χ1n) is 8.40. The number of hydrogen-bond donors (Lipinski definition) is 0. The third kappa shape index (κ3) is 3.06. The second-order valence-corrected chi connectivity index (χ2v) is 6.14. The molecule has 0 fully saturated rings. The molecule has 1 aromatic carbocycles. The molecule has 0 unspecified atom stereocenters. The van der Waals surface area contributed by atoms with E-state index in [1.807, 2.05) is 0 Å². The SMILES string of the molecule is N#Cc1cc(F)c(-n2c(=O)n(Cc3ccncc3)c(=O)c3cccnc32)c(F)c1. The van der Waals surface area contributed by atoms with Gasteiger partial charge in [-0.05, 0) is 42.0 Å². The van der Waals surface area contributed by atoms with Crippen molar-refractivity contribution in [2.75, 3.05) is 0 Å². The molecule has 0 spiro atoms. The Hall–Kier alpha value is -4.19. The summed E-state index contributed by atoms with van der Waals surface area (Å²) in [7, 11) is 0. The van der Waals surface area contributed by atoms with E-state index in [0.29, 0.717) is 10.1 Å². The van der Waals surface area contributed by atoms with Gasteiger partial charge in [0.2, 0.25) is 0 Å². The molecular formula is C20H11F2N5O2. The lowest BCUT2D eigenvalue weighted by atomic mass is 10.2. The first kappa shape index (κ1) is 18.2. The lowest BCUT2D eigenvalue weighted by Gasteiger charge is -2.14.